The molecule has 3 aromatic heterocycles. The summed E-state index contributed by atoms with van der Waals surface area (Å²) in [5.41, 5.74) is 9.92. The van der Waals surface area contributed by atoms with Crippen LogP contribution in [-0.4, -0.2) is 15.2 Å². The summed E-state index contributed by atoms with van der Waals surface area (Å²) in [6.45, 7) is 0. The van der Waals surface area contributed by atoms with Crippen molar-refractivity contribution in [2.75, 3.05) is 0 Å². The van der Waals surface area contributed by atoms with Gasteiger partial charge in [0, 0.05) is 17.1 Å². The number of imidazole rings is 1. The molecule has 48 heavy (non-hydrogen) atoms. The van der Waals surface area contributed by atoms with Gasteiger partial charge in [-0.05, 0) is 74.1 Å². The van der Waals surface area contributed by atoms with E-state index < -0.39 is 0 Å². The van der Waals surface area contributed by atoms with Gasteiger partial charge in [-0.25, -0.2) is 9.98 Å². The standard InChI is InChI=1S/C43H28N4O/c1-3-13-27(14-4-1)35-25-36(28-15-5-2-6-16-28)45-42(44-35)40-32-19-9-7-17-30(32)39(31-18-8-10-20-33(31)40)29-23-24-38-46-41-34-21-11-12-22-37(34)48-43(41)47(38)26-29/h1-26,35H,(H,44,45). The zero-order chi connectivity index (χ0) is 31.6. The highest BCUT2D eigenvalue weighted by Gasteiger charge is 2.25. The Morgan fingerprint density at radius 2 is 1.17 bits per heavy atom. The van der Waals surface area contributed by atoms with Crippen LogP contribution in [-0.2, 0) is 0 Å². The largest absolute Gasteiger partial charge is 0.437 e. The number of benzene rings is 6. The Hall–Kier alpha value is -6.46. The van der Waals surface area contributed by atoms with E-state index in [2.05, 4.69) is 143 Å². The third kappa shape index (κ3) is 4.11. The highest BCUT2D eigenvalue weighted by Crippen LogP contribution is 2.41. The fourth-order valence-electron chi connectivity index (χ4n) is 7.27. The van der Waals surface area contributed by atoms with E-state index >= 15 is 0 Å². The second kappa shape index (κ2) is 10.5. The van der Waals surface area contributed by atoms with Crippen LogP contribution < -0.4 is 5.32 Å². The summed E-state index contributed by atoms with van der Waals surface area (Å²) < 4.78 is 8.41. The van der Waals surface area contributed by atoms with Crippen LogP contribution in [0.2, 0.25) is 0 Å². The van der Waals surface area contributed by atoms with E-state index in [9.17, 15) is 0 Å². The van der Waals surface area contributed by atoms with Crippen molar-refractivity contribution in [1.29, 1.82) is 0 Å². The molecule has 0 amide bonds. The third-order valence-electron chi connectivity index (χ3n) is 9.46. The zero-order valence-electron chi connectivity index (χ0n) is 25.8. The van der Waals surface area contributed by atoms with Crippen molar-refractivity contribution in [1.82, 2.24) is 14.7 Å². The lowest BCUT2D eigenvalue weighted by atomic mass is 9.88. The van der Waals surface area contributed by atoms with Gasteiger partial charge in [0.25, 0.3) is 0 Å². The Morgan fingerprint density at radius 3 is 1.88 bits per heavy atom. The number of furan rings is 1. The molecule has 10 rings (SSSR count). The normalized spacial score (nSPS) is 14.9. The highest BCUT2D eigenvalue weighted by atomic mass is 16.3. The molecule has 0 fully saturated rings. The van der Waals surface area contributed by atoms with Crippen LogP contribution in [0.15, 0.2) is 167 Å². The van der Waals surface area contributed by atoms with Gasteiger partial charge in [0.2, 0.25) is 5.71 Å². The molecule has 0 saturated carbocycles. The van der Waals surface area contributed by atoms with Crippen LogP contribution in [0.1, 0.15) is 22.7 Å². The molecule has 1 aliphatic rings. The van der Waals surface area contributed by atoms with Crippen molar-refractivity contribution in [2.24, 2.45) is 4.99 Å². The monoisotopic (exact) mass is 616 g/mol. The molecular formula is C43H28N4O. The van der Waals surface area contributed by atoms with Gasteiger partial charge in [-0.1, -0.05) is 121 Å². The predicted molar refractivity (Wildman–Crippen MR) is 196 cm³/mol. The molecule has 1 unspecified atom stereocenters. The number of pyridine rings is 1. The molecule has 9 aromatic rings. The number of amidine groups is 1. The average molecular weight is 617 g/mol. The first-order valence-corrected chi connectivity index (χ1v) is 16.2. The second-order valence-electron chi connectivity index (χ2n) is 12.3. The van der Waals surface area contributed by atoms with E-state index in [-0.39, 0.29) is 6.04 Å². The molecule has 0 saturated heterocycles. The first kappa shape index (κ1) is 26.7. The Balaban J connectivity index is 1.22. The van der Waals surface area contributed by atoms with E-state index in [4.69, 9.17) is 14.4 Å². The number of hydrogen-bond donors (Lipinski definition) is 1. The van der Waals surface area contributed by atoms with Crippen molar-refractivity contribution in [3.8, 4) is 11.1 Å². The van der Waals surface area contributed by atoms with Crippen LogP contribution in [0.3, 0.4) is 0 Å². The first-order valence-electron chi connectivity index (χ1n) is 16.2. The van der Waals surface area contributed by atoms with E-state index in [0.29, 0.717) is 0 Å². The van der Waals surface area contributed by atoms with E-state index in [1.807, 2.05) is 24.3 Å². The summed E-state index contributed by atoms with van der Waals surface area (Å²) in [6, 6.07) is 50.7. The lowest BCUT2D eigenvalue weighted by Gasteiger charge is -2.26. The van der Waals surface area contributed by atoms with Crippen molar-refractivity contribution in [3.05, 3.63) is 175 Å². The zero-order valence-corrected chi connectivity index (χ0v) is 25.8. The quantitative estimate of drug-likeness (QED) is 0.200. The minimum absolute atomic E-state index is 0.0408. The number of para-hydroxylation sites is 1. The molecule has 0 radical (unpaired) electrons. The number of nitrogens with one attached hydrogen (secondary N) is 1. The van der Waals surface area contributed by atoms with Crippen molar-refractivity contribution in [2.45, 2.75) is 6.04 Å². The van der Waals surface area contributed by atoms with Gasteiger partial charge in [0.15, 0.2) is 0 Å². The smallest absolute Gasteiger partial charge is 0.232 e. The molecule has 5 heteroatoms. The molecule has 4 heterocycles. The van der Waals surface area contributed by atoms with Gasteiger partial charge in [-0.15, -0.1) is 0 Å². The van der Waals surface area contributed by atoms with Crippen molar-refractivity contribution >= 4 is 60.9 Å². The predicted octanol–water partition coefficient (Wildman–Crippen LogP) is 10.3. The average Bonchev–Trinajstić information content (AvgIpc) is 3.70. The van der Waals surface area contributed by atoms with Gasteiger partial charge in [0.05, 0.1) is 11.7 Å². The summed E-state index contributed by atoms with van der Waals surface area (Å²) >= 11 is 0. The molecule has 0 spiro atoms. The van der Waals surface area contributed by atoms with Crippen LogP contribution in [0.25, 0.3) is 66.2 Å². The van der Waals surface area contributed by atoms with Crippen LogP contribution in [0.5, 0.6) is 0 Å². The summed E-state index contributed by atoms with van der Waals surface area (Å²) in [4.78, 5) is 10.3. The van der Waals surface area contributed by atoms with E-state index in [1.165, 1.54) is 11.1 Å². The van der Waals surface area contributed by atoms with E-state index in [1.54, 1.807) is 0 Å². The highest BCUT2D eigenvalue weighted by molar-refractivity contribution is 6.26. The van der Waals surface area contributed by atoms with Gasteiger partial charge in [-0.3, -0.25) is 4.40 Å². The summed E-state index contributed by atoms with van der Waals surface area (Å²) in [5.74, 6) is 0.859. The van der Waals surface area contributed by atoms with E-state index in [0.717, 1.165) is 77.6 Å². The first-order chi connectivity index (χ1) is 23.8. The summed E-state index contributed by atoms with van der Waals surface area (Å²) in [7, 11) is 0. The number of aliphatic imine (C=N–C) groups is 1. The number of fused-ring (bicyclic) bond motifs is 7. The fraction of sp³-hybridized carbons (Fsp3) is 0.0233. The van der Waals surface area contributed by atoms with Crippen molar-refractivity contribution < 1.29 is 4.42 Å². The lowest BCUT2D eigenvalue weighted by molar-refractivity contribution is 0.649. The van der Waals surface area contributed by atoms with Gasteiger partial charge < -0.3 is 9.73 Å². The Kier molecular flexibility index (Phi) is 5.87. The van der Waals surface area contributed by atoms with Crippen LogP contribution in [0.4, 0.5) is 0 Å². The Bertz CT molecular complexity index is 2700. The minimum Gasteiger partial charge on any atom is -0.437 e. The maximum absolute atomic E-state index is 6.33. The lowest BCUT2D eigenvalue weighted by Crippen LogP contribution is -2.31. The topological polar surface area (TPSA) is 54.8 Å². The van der Waals surface area contributed by atoms with Gasteiger partial charge in [0.1, 0.15) is 22.6 Å². The summed E-state index contributed by atoms with van der Waals surface area (Å²) in [6.07, 6.45) is 4.39. The number of nitrogens with zero attached hydrogens (tertiary/aromatic N) is 3. The molecule has 1 aliphatic heterocycles. The van der Waals surface area contributed by atoms with Gasteiger partial charge in [-0.2, -0.15) is 0 Å². The fourth-order valence-corrected chi connectivity index (χ4v) is 7.27. The van der Waals surface area contributed by atoms with Crippen LogP contribution >= 0.6 is 0 Å². The molecule has 1 atom stereocenters. The number of rotatable bonds is 4. The summed E-state index contributed by atoms with van der Waals surface area (Å²) in [5, 5.41) is 9.44. The number of aromatic nitrogens is 2. The SMILES string of the molecule is C1=C(c2ccccc2)N=C(c2c3ccccc3c(-c3ccc4nc5c6ccccc6oc5n4c3)c3ccccc23)NC1c1ccccc1. The maximum Gasteiger partial charge on any atom is 0.232 e. The number of hydrogen-bond acceptors (Lipinski definition) is 4. The molecule has 0 bridgehead atoms. The third-order valence-corrected chi connectivity index (χ3v) is 9.46. The Morgan fingerprint density at radius 1 is 0.562 bits per heavy atom. The van der Waals surface area contributed by atoms with Crippen LogP contribution in [0, 0.1) is 0 Å². The Labute approximate surface area is 276 Å². The molecule has 226 valence electrons. The molecule has 5 nitrogen and oxygen atoms in total. The minimum atomic E-state index is -0.0408. The maximum atomic E-state index is 6.33. The van der Waals surface area contributed by atoms with Gasteiger partial charge >= 0.3 is 0 Å². The molecule has 6 aromatic carbocycles. The van der Waals surface area contributed by atoms with Crippen molar-refractivity contribution in [3.63, 3.8) is 0 Å². The molecule has 0 aliphatic carbocycles. The molecular weight excluding hydrogens is 589 g/mol. The second-order valence-corrected chi connectivity index (χ2v) is 12.3. The molecule has 1 N–H and O–H groups in total.